The first-order valence-electron chi connectivity index (χ1n) is 10.5. The van der Waals surface area contributed by atoms with E-state index in [1.807, 2.05) is 19.9 Å². The predicted octanol–water partition coefficient (Wildman–Crippen LogP) is 7.57. The summed E-state index contributed by atoms with van der Waals surface area (Å²) in [5.41, 5.74) is 7.86. The number of rotatable bonds is 2. The molecule has 2 aliphatic heterocycles. The van der Waals surface area contributed by atoms with Crippen LogP contribution >= 0.6 is 0 Å². The Hall–Kier alpha value is -2.22. The van der Waals surface area contributed by atoms with Crippen LogP contribution in [0.2, 0.25) is 0 Å². The van der Waals surface area contributed by atoms with Gasteiger partial charge in [0.05, 0.1) is 12.2 Å². The van der Waals surface area contributed by atoms with Crippen LogP contribution < -0.4 is 0 Å². The summed E-state index contributed by atoms with van der Waals surface area (Å²) in [4.78, 5) is 8.93. The predicted molar refractivity (Wildman–Crippen MR) is 122 cm³/mol. The number of nitrogens with zero attached hydrogens (tertiary/aromatic N) is 2. The van der Waals surface area contributed by atoms with Crippen molar-refractivity contribution < 1.29 is 0 Å². The lowest BCUT2D eigenvalue weighted by molar-refractivity contribution is 1.09. The van der Waals surface area contributed by atoms with Crippen molar-refractivity contribution in [2.45, 2.75) is 73.8 Å². The second-order valence-corrected chi connectivity index (χ2v) is 6.32. The molecule has 146 valence electrons. The number of hydrogen-bond donors (Lipinski definition) is 0. The highest BCUT2D eigenvalue weighted by atomic mass is 14.8. The third kappa shape index (κ3) is 6.78. The van der Waals surface area contributed by atoms with Crippen molar-refractivity contribution in [3.8, 4) is 0 Å². The van der Waals surface area contributed by atoms with Gasteiger partial charge < -0.3 is 0 Å². The molecular weight excluding hydrogens is 328 g/mol. The Labute approximate surface area is 166 Å². The largest absolute Gasteiger partial charge is 0.284 e. The summed E-state index contributed by atoms with van der Waals surface area (Å²) >= 11 is 0. The lowest BCUT2D eigenvalue weighted by atomic mass is 10.1. The summed E-state index contributed by atoms with van der Waals surface area (Å²) in [6, 6.07) is 16.8. The van der Waals surface area contributed by atoms with Gasteiger partial charge in [0.1, 0.15) is 0 Å². The Kier molecular flexibility index (Phi) is 11.0. The smallest absolute Gasteiger partial charge is 0.0664 e. The van der Waals surface area contributed by atoms with Gasteiger partial charge in [-0.3, -0.25) is 9.98 Å². The molecule has 4 rings (SSSR count). The molecule has 2 aromatic rings. The van der Waals surface area contributed by atoms with Gasteiger partial charge in [-0.15, -0.1) is 0 Å². The summed E-state index contributed by atoms with van der Waals surface area (Å²) in [5, 5.41) is 0. The minimum atomic E-state index is 0.888. The zero-order chi connectivity index (χ0) is 20.1. The van der Waals surface area contributed by atoms with E-state index in [0.29, 0.717) is 0 Å². The molecule has 0 spiro atoms. The van der Waals surface area contributed by atoms with Crippen LogP contribution in [0, 0.1) is 0 Å². The van der Waals surface area contributed by atoms with E-state index in [0.717, 1.165) is 25.8 Å². The maximum absolute atomic E-state index is 4.49. The first-order valence-corrected chi connectivity index (χ1v) is 10.5. The minimum absolute atomic E-state index is 0.888. The van der Waals surface area contributed by atoms with Gasteiger partial charge >= 0.3 is 0 Å². The lowest BCUT2D eigenvalue weighted by Crippen LogP contribution is -1.94. The lowest BCUT2D eigenvalue weighted by Gasteiger charge is -1.97. The fraction of sp³-hybridized carbons (Fsp3) is 0.440. The molecule has 0 N–H and O–H groups in total. The fourth-order valence-electron chi connectivity index (χ4n) is 2.91. The molecule has 27 heavy (non-hydrogen) atoms. The van der Waals surface area contributed by atoms with Crippen molar-refractivity contribution in [1.82, 2.24) is 0 Å². The number of fused-ring (bicyclic) bond motifs is 2. The highest BCUT2D eigenvalue weighted by Crippen LogP contribution is 2.26. The Bertz CT molecular complexity index is 741. The monoisotopic (exact) mass is 364 g/mol. The second kappa shape index (κ2) is 13.0. The molecule has 0 saturated heterocycles. The third-order valence-electron chi connectivity index (χ3n) is 4.18. The Morgan fingerprint density at radius 3 is 1.96 bits per heavy atom. The molecule has 0 saturated carbocycles. The van der Waals surface area contributed by atoms with Crippen LogP contribution in [-0.2, 0) is 13.0 Å². The van der Waals surface area contributed by atoms with Crippen molar-refractivity contribution in [3.05, 3.63) is 65.2 Å². The summed E-state index contributed by atoms with van der Waals surface area (Å²) in [5.74, 6) is 0. The first kappa shape index (κ1) is 22.8. The van der Waals surface area contributed by atoms with Crippen molar-refractivity contribution in [2.75, 3.05) is 0 Å². The molecule has 0 unspecified atom stereocenters. The molecule has 2 heterocycles. The van der Waals surface area contributed by atoms with Gasteiger partial charge in [-0.05, 0) is 30.0 Å². The molecule has 2 aliphatic rings. The zero-order valence-electron chi connectivity index (χ0n) is 18.0. The zero-order valence-corrected chi connectivity index (χ0v) is 18.0. The Balaban J connectivity index is 0.000000219. The summed E-state index contributed by atoms with van der Waals surface area (Å²) in [6.45, 7) is 13.4. The van der Waals surface area contributed by atoms with Crippen LogP contribution in [0.5, 0.6) is 0 Å². The molecule has 0 aromatic heterocycles. The van der Waals surface area contributed by atoms with Crippen molar-refractivity contribution in [1.29, 1.82) is 0 Å². The van der Waals surface area contributed by atoms with Crippen molar-refractivity contribution >= 4 is 17.1 Å². The van der Waals surface area contributed by atoms with Gasteiger partial charge in [0.15, 0.2) is 0 Å². The summed E-state index contributed by atoms with van der Waals surface area (Å²) < 4.78 is 0. The number of benzene rings is 2. The van der Waals surface area contributed by atoms with Crippen molar-refractivity contribution in [3.63, 3.8) is 0 Å². The number of hydrogen-bond acceptors (Lipinski definition) is 2. The van der Waals surface area contributed by atoms with E-state index in [1.54, 1.807) is 0 Å². The quantitative estimate of drug-likeness (QED) is 0.525. The SMILES string of the molecule is CC.CCC.CCC1=NCc2ccccc21.CCC1=Nc2ccccc2C1. The van der Waals surface area contributed by atoms with Gasteiger partial charge in [0, 0.05) is 23.4 Å². The summed E-state index contributed by atoms with van der Waals surface area (Å²) in [7, 11) is 0. The topological polar surface area (TPSA) is 24.7 Å². The highest BCUT2D eigenvalue weighted by Gasteiger charge is 2.12. The second-order valence-electron chi connectivity index (χ2n) is 6.32. The molecular formula is C25H36N2. The van der Waals surface area contributed by atoms with E-state index in [2.05, 4.69) is 80.1 Å². The molecule has 0 fully saturated rings. The maximum Gasteiger partial charge on any atom is 0.0664 e. The number of para-hydroxylation sites is 1. The van der Waals surface area contributed by atoms with Crippen LogP contribution in [-0.4, -0.2) is 11.4 Å². The molecule has 0 amide bonds. The van der Waals surface area contributed by atoms with Crippen molar-refractivity contribution in [2.24, 2.45) is 9.98 Å². The minimum Gasteiger partial charge on any atom is -0.284 e. The highest BCUT2D eigenvalue weighted by molar-refractivity contribution is 6.03. The molecule has 0 radical (unpaired) electrons. The summed E-state index contributed by atoms with van der Waals surface area (Å²) in [6.07, 6.45) is 4.44. The van der Waals surface area contributed by atoms with Crippen LogP contribution in [0.1, 0.15) is 77.5 Å². The van der Waals surface area contributed by atoms with E-state index in [-0.39, 0.29) is 0 Å². The third-order valence-corrected chi connectivity index (χ3v) is 4.18. The number of aliphatic imine (C=N–C) groups is 2. The van der Waals surface area contributed by atoms with E-state index >= 15 is 0 Å². The van der Waals surface area contributed by atoms with Crippen LogP contribution in [0.15, 0.2) is 58.5 Å². The molecule has 2 aromatic carbocycles. The standard InChI is InChI=1S/2C10H11N.C3H8.C2H6/c1-2-10-9-6-4-3-5-8(9)7-11-10;1-2-9-7-8-5-3-4-6-10(8)11-9;1-3-2;1-2/h2*3-6H,2,7H2,1H3;3H2,1-2H3;1-2H3. The molecule has 0 aliphatic carbocycles. The van der Waals surface area contributed by atoms with Gasteiger partial charge in [-0.2, -0.15) is 0 Å². The van der Waals surface area contributed by atoms with Gasteiger partial charge in [0.25, 0.3) is 0 Å². The molecule has 2 heteroatoms. The van der Waals surface area contributed by atoms with Gasteiger partial charge in [-0.1, -0.05) is 90.4 Å². The normalized spacial score (nSPS) is 12.7. The molecule has 0 bridgehead atoms. The Morgan fingerprint density at radius 1 is 0.778 bits per heavy atom. The van der Waals surface area contributed by atoms with Gasteiger partial charge in [-0.25, -0.2) is 0 Å². The van der Waals surface area contributed by atoms with E-state index in [9.17, 15) is 0 Å². The van der Waals surface area contributed by atoms with Crippen LogP contribution in [0.25, 0.3) is 0 Å². The van der Waals surface area contributed by atoms with Crippen LogP contribution in [0.4, 0.5) is 5.69 Å². The van der Waals surface area contributed by atoms with E-state index in [1.165, 1.54) is 40.2 Å². The van der Waals surface area contributed by atoms with Gasteiger partial charge in [0.2, 0.25) is 0 Å². The average Bonchev–Trinajstić information content (AvgIpc) is 3.34. The maximum atomic E-state index is 4.49. The van der Waals surface area contributed by atoms with E-state index < -0.39 is 0 Å². The van der Waals surface area contributed by atoms with Crippen LogP contribution in [0.3, 0.4) is 0 Å². The van der Waals surface area contributed by atoms with E-state index in [4.69, 9.17) is 0 Å². The molecule has 2 nitrogen and oxygen atoms in total. The average molecular weight is 365 g/mol. The Morgan fingerprint density at radius 2 is 1.37 bits per heavy atom. The fourth-order valence-corrected chi connectivity index (χ4v) is 2.91. The molecule has 0 atom stereocenters. The first-order chi connectivity index (χ1) is 13.2.